The van der Waals surface area contributed by atoms with Gasteiger partial charge in [-0.15, -0.1) is 16.4 Å². The number of rotatable bonds is 6. The summed E-state index contributed by atoms with van der Waals surface area (Å²) < 4.78 is 82.6. The molecule has 55 heavy (non-hydrogen) atoms. The number of carbonyl (C=O) groups excluding carboxylic acids is 1. The molecular formula is C36H32ClF5N10O2S. The van der Waals surface area contributed by atoms with E-state index >= 15 is 4.39 Å². The van der Waals surface area contributed by atoms with E-state index in [1.807, 2.05) is 6.07 Å². The standard InChI is InChI=1S/C36H32ClF5N10O2S/c1-17-45-16-51(48-17)34(53)52-24(30(41)42)11-35(52)6-8-49(14-35)32-20-9-22(37)26(19-3-4-23(39)29-25(19)21(12-43)31(44)55-29)27(40)28(20)46-33(47-32)54-15-36-5-2-7-50(36)13-18(38)10-36/h3-4,9,16,18,24,30H,2,5-8,10-11,13-15,44H2,1H3/t18-,24?,35-,36+/m1/s1. The summed E-state index contributed by atoms with van der Waals surface area (Å²) >= 11 is 7.73. The van der Waals surface area contributed by atoms with Crippen molar-refractivity contribution in [2.45, 2.75) is 68.7 Å². The van der Waals surface area contributed by atoms with Gasteiger partial charge in [-0.3, -0.25) is 4.90 Å². The fraction of sp³-hybridized carbons (Fsp3) is 0.444. The van der Waals surface area contributed by atoms with Gasteiger partial charge in [0.15, 0.2) is 5.82 Å². The molecule has 19 heteroatoms. The van der Waals surface area contributed by atoms with Gasteiger partial charge >= 0.3 is 12.0 Å². The van der Waals surface area contributed by atoms with Gasteiger partial charge in [0.25, 0.3) is 6.43 Å². The number of halogens is 6. The van der Waals surface area contributed by atoms with Crippen molar-refractivity contribution in [1.29, 1.82) is 5.26 Å². The SMILES string of the molecule is Cc1ncn(C(=O)N2C(C(F)F)C[C@@]23CCN(c2nc(OC[C@@]45CCCN4C[C@H](F)C5)nc4c(F)c(-c5ccc(F)c6sc(N)c(C#N)c56)c(Cl)cc24)C3)n1. The van der Waals surface area contributed by atoms with E-state index in [0.29, 0.717) is 18.8 Å². The maximum absolute atomic E-state index is 17.2. The normalized spacial score (nSPS) is 25.1. The molecule has 1 unspecified atom stereocenters. The van der Waals surface area contributed by atoms with Crippen LogP contribution in [0.1, 0.15) is 43.5 Å². The summed E-state index contributed by atoms with van der Waals surface area (Å²) in [4.78, 5) is 31.8. The highest BCUT2D eigenvalue weighted by atomic mass is 35.5. The Bertz CT molecular complexity index is 2460. The van der Waals surface area contributed by atoms with Crippen LogP contribution >= 0.6 is 22.9 Å². The van der Waals surface area contributed by atoms with Crippen molar-refractivity contribution in [1.82, 2.24) is 34.5 Å². The molecule has 7 heterocycles. The lowest BCUT2D eigenvalue weighted by atomic mass is 9.77. The number of anilines is 2. The maximum atomic E-state index is 17.2. The first-order valence-corrected chi connectivity index (χ1v) is 18.9. The fourth-order valence-corrected chi connectivity index (χ4v) is 10.4. The highest BCUT2D eigenvalue weighted by molar-refractivity contribution is 7.23. The Labute approximate surface area is 319 Å². The number of nitriles is 1. The summed E-state index contributed by atoms with van der Waals surface area (Å²) in [7, 11) is 0. The molecule has 12 nitrogen and oxygen atoms in total. The lowest BCUT2D eigenvalue weighted by Gasteiger charge is -2.55. The Morgan fingerprint density at radius 3 is 2.78 bits per heavy atom. The molecule has 2 N–H and O–H groups in total. The summed E-state index contributed by atoms with van der Waals surface area (Å²) in [5.74, 6) is -1.06. The third-order valence-electron chi connectivity index (χ3n) is 11.6. The number of aryl methyl sites for hydroxylation is 1. The molecule has 0 bridgehead atoms. The molecule has 5 aromatic rings. The lowest BCUT2D eigenvalue weighted by molar-refractivity contribution is -0.0922. The number of amides is 1. The minimum Gasteiger partial charge on any atom is -0.461 e. The average Bonchev–Trinajstić information content (AvgIpc) is 3.96. The molecule has 4 saturated heterocycles. The van der Waals surface area contributed by atoms with Crippen molar-refractivity contribution >= 4 is 60.8 Å². The third kappa shape index (κ3) is 5.48. The largest absolute Gasteiger partial charge is 0.461 e. The van der Waals surface area contributed by atoms with E-state index in [1.165, 1.54) is 18.5 Å². The van der Waals surface area contributed by atoms with Crippen LogP contribution in [-0.4, -0.2) is 103 Å². The summed E-state index contributed by atoms with van der Waals surface area (Å²) in [5, 5.41) is 14.2. The zero-order chi connectivity index (χ0) is 38.6. The lowest BCUT2D eigenvalue weighted by Crippen LogP contribution is -2.71. The van der Waals surface area contributed by atoms with Crippen molar-refractivity contribution in [3.05, 3.63) is 52.6 Å². The predicted molar refractivity (Wildman–Crippen MR) is 194 cm³/mol. The molecule has 2 aromatic carbocycles. The Balaban J connectivity index is 1.16. The van der Waals surface area contributed by atoms with Crippen LogP contribution in [0.4, 0.5) is 37.6 Å². The molecule has 4 aliphatic rings. The first-order chi connectivity index (χ1) is 26.3. The second-order valence-corrected chi connectivity index (χ2v) is 16.2. The zero-order valence-electron chi connectivity index (χ0n) is 29.2. The van der Waals surface area contributed by atoms with Crippen LogP contribution in [0.15, 0.2) is 24.5 Å². The van der Waals surface area contributed by atoms with E-state index in [4.69, 9.17) is 27.1 Å². The first kappa shape index (κ1) is 35.8. The number of carbonyl (C=O) groups is 1. The number of thiophene rings is 1. The smallest absolute Gasteiger partial charge is 0.347 e. The number of ether oxygens (including phenoxy) is 1. The number of fused-ring (bicyclic) bond motifs is 3. The van der Waals surface area contributed by atoms with E-state index in [-0.39, 0.29) is 105 Å². The summed E-state index contributed by atoms with van der Waals surface area (Å²) in [5.41, 5.74) is 4.19. The monoisotopic (exact) mass is 798 g/mol. The third-order valence-corrected chi connectivity index (χ3v) is 13.0. The number of nitrogens with zero attached hydrogens (tertiary/aromatic N) is 9. The number of hydrogen-bond acceptors (Lipinski definition) is 11. The van der Waals surface area contributed by atoms with Crippen LogP contribution in [0.3, 0.4) is 0 Å². The number of nitrogen functional groups attached to an aromatic ring is 1. The number of hydrogen-bond donors (Lipinski definition) is 1. The van der Waals surface area contributed by atoms with Crippen LogP contribution in [0.25, 0.3) is 32.1 Å². The molecule has 3 aromatic heterocycles. The highest BCUT2D eigenvalue weighted by Crippen LogP contribution is 2.50. The predicted octanol–water partition coefficient (Wildman–Crippen LogP) is 6.71. The van der Waals surface area contributed by atoms with Crippen LogP contribution < -0.4 is 15.4 Å². The molecule has 286 valence electrons. The Morgan fingerprint density at radius 1 is 1.22 bits per heavy atom. The molecule has 4 atom stereocenters. The minimum absolute atomic E-state index is 0.000536. The van der Waals surface area contributed by atoms with E-state index in [1.54, 1.807) is 11.8 Å². The molecule has 4 aliphatic heterocycles. The van der Waals surface area contributed by atoms with Crippen molar-refractivity contribution in [3.63, 3.8) is 0 Å². The molecule has 4 fully saturated rings. The van der Waals surface area contributed by atoms with Crippen molar-refractivity contribution in [2.24, 2.45) is 0 Å². The quantitative estimate of drug-likeness (QED) is 0.184. The Hall–Kier alpha value is -4.86. The van der Waals surface area contributed by atoms with Gasteiger partial charge < -0.3 is 20.3 Å². The minimum atomic E-state index is -2.81. The molecule has 0 aliphatic carbocycles. The van der Waals surface area contributed by atoms with Crippen molar-refractivity contribution in [3.8, 4) is 23.2 Å². The first-order valence-electron chi connectivity index (χ1n) is 17.7. The van der Waals surface area contributed by atoms with Crippen molar-refractivity contribution in [2.75, 3.05) is 43.4 Å². The fourth-order valence-electron chi connectivity index (χ4n) is 9.18. The van der Waals surface area contributed by atoms with E-state index in [2.05, 4.69) is 20.0 Å². The molecule has 1 amide bonds. The van der Waals surface area contributed by atoms with Crippen LogP contribution in [0.2, 0.25) is 5.02 Å². The molecule has 9 rings (SSSR count). The van der Waals surface area contributed by atoms with Crippen LogP contribution in [0, 0.1) is 29.9 Å². The zero-order valence-corrected chi connectivity index (χ0v) is 30.8. The van der Waals surface area contributed by atoms with E-state index < -0.39 is 47.4 Å². The van der Waals surface area contributed by atoms with Gasteiger partial charge in [-0.1, -0.05) is 17.7 Å². The number of alkyl halides is 3. The average molecular weight is 799 g/mol. The molecule has 1 spiro atoms. The van der Waals surface area contributed by atoms with Gasteiger partial charge in [0.2, 0.25) is 0 Å². The van der Waals surface area contributed by atoms with Gasteiger partial charge in [0.1, 0.15) is 53.2 Å². The van der Waals surface area contributed by atoms with Crippen LogP contribution in [-0.2, 0) is 0 Å². The Morgan fingerprint density at radius 2 is 2.04 bits per heavy atom. The van der Waals surface area contributed by atoms with Gasteiger partial charge in [0.05, 0.1) is 32.4 Å². The van der Waals surface area contributed by atoms with Gasteiger partial charge in [-0.25, -0.2) is 31.7 Å². The topological polar surface area (TPSA) is 142 Å². The molecule has 0 radical (unpaired) electrons. The molecular weight excluding hydrogens is 767 g/mol. The number of nitrogens with two attached hydrogens (primary N) is 1. The number of likely N-dealkylation sites (tertiary alicyclic amines) is 1. The maximum Gasteiger partial charge on any atom is 0.347 e. The van der Waals surface area contributed by atoms with Crippen molar-refractivity contribution < 1.29 is 31.5 Å². The second-order valence-electron chi connectivity index (χ2n) is 14.8. The molecule has 0 saturated carbocycles. The van der Waals surface area contributed by atoms with Gasteiger partial charge in [0, 0.05) is 42.4 Å². The number of benzene rings is 2. The van der Waals surface area contributed by atoms with E-state index in [0.717, 1.165) is 33.4 Å². The number of aromatic nitrogens is 5. The Kier molecular flexibility index (Phi) is 8.37. The highest BCUT2D eigenvalue weighted by Gasteiger charge is 2.61. The van der Waals surface area contributed by atoms with Gasteiger partial charge in [-0.05, 0) is 56.8 Å². The summed E-state index contributed by atoms with van der Waals surface area (Å²) in [6, 6.07) is 3.61. The summed E-state index contributed by atoms with van der Waals surface area (Å²) in [6.07, 6.45) is -0.548. The summed E-state index contributed by atoms with van der Waals surface area (Å²) in [6.45, 7) is 2.91. The van der Waals surface area contributed by atoms with Crippen LogP contribution in [0.5, 0.6) is 6.01 Å². The second kappa shape index (κ2) is 12.8. The van der Waals surface area contributed by atoms with Gasteiger partial charge in [-0.2, -0.15) is 19.9 Å². The van der Waals surface area contributed by atoms with E-state index in [9.17, 15) is 27.6 Å².